The predicted molar refractivity (Wildman–Crippen MR) is 94.7 cm³/mol. The van der Waals surface area contributed by atoms with E-state index in [-0.39, 0.29) is 28.2 Å². The van der Waals surface area contributed by atoms with Gasteiger partial charge in [-0.1, -0.05) is 26.0 Å². The summed E-state index contributed by atoms with van der Waals surface area (Å²) in [7, 11) is 0. The van der Waals surface area contributed by atoms with Gasteiger partial charge < -0.3 is 4.74 Å². The Hall–Kier alpha value is -1.38. The molecule has 5 aliphatic rings. The number of esters is 1. The second-order valence-electron chi connectivity index (χ2n) is 9.60. The fourth-order valence-electron chi connectivity index (χ4n) is 7.29. The number of hydrogen-bond donors (Lipinski definition) is 0. The summed E-state index contributed by atoms with van der Waals surface area (Å²) in [5, 5.41) is 0. The molecule has 1 spiro atoms. The zero-order valence-electron chi connectivity index (χ0n) is 15.3. The van der Waals surface area contributed by atoms with Gasteiger partial charge in [0.15, 0.2) is 5.78 Å². The molecule has 134 valence electrons. The molecule has 0 unspecified atom stereocenters. The van der Waals surface area contributed by atoms with Gasteiger partial charge in [0.1, 0.15) is 5.60 Å². The normalized spacial score (nSPS) is 51.0. The Morgan fingerprint density at radius 2 is 1.80 bits per heavy atom. The van der Waals surface area contributed by atoms with Crippen LogP contribution in [0.3, 0.4) is 0 Å². The van der Waals surface area contributed by atoms with Crippen LogP contribution >= 0.6 is 0 Å². The van der Waals surface area contributed by atoms with Crippen LogP contribution in [-0.2, 0) is 14.3 Å². The monoisotopic (exact) mass is 340 g/mol. The van der Waals surface area contributed by atoms with Crippen molar-refractivity contribution in [2.75, 3.05) is 0 Å². The fourth-order valence-corrected chi connectivity index (χ4v) is 7.29. The first-order valence-electron chi connectivity index (χ1n) is 10.0. The van der Waals surface area contributed by atoms with E-state index in [9.17, 15) is 9.59 Å². The second-order valence-corrected chi connectivity index (χ2v) is 9.60. The summed E-state index contributed by atoms with van der Waals surface area (Å²) >= 11 is 0. The molecule has 0 amide bonds. The third-order valence-corrected chi connectivity index (χ3v) is 8.85. The Bertz CT molecular complexity index is 719. The van der Waals surface area contributed by atoms with Crippen LogP contribution in [0, 0.1) is 28.6 Å². The van der Waals surface area contributed by atoms with Crippen molar-refractivity contribution in [3.8, 4) is 0 Å². The van der Waals surface area contributed by atoms with Gasteiger partial charge >= 0.3 is 5.97 Å². The maximum Gasteiger partial charge on any atom is 0.306 e. The molecule has 1 aliphatic heterocycles. The minimum Gasteiger partial charge on any atom is -0.458 e. The molecule has 3 heteroatoms. The molecule has 5 rings (SSSR count). The van der Waals surface area contributed by atoms with Crippen molar-refractivity contribution < 1.29 is 14.3 Å². The third kappa shape index (κ3) is 1.88. The first-order valence-corrected chi connectivity index (χ1v) is 10.0. The van der Waals surface area contributed by atoms with Crippen LogP contribution in [0.5, 0.6) is 0 Å². The molecule has 1 saturated heterocycles. The molecule has 0 aromatic rings. The fraction of sp³-hybridized carbons (Fsp3) is 0.727. The van der Waals surface area contributed by atoms with Crippen LogP contribution in [0.4, 0.5) is 0 Å². The van der Waals surface area contributed by atoms with Crippen LogP contribution in [-0.4, -0.2) is 17.4 Å². The number of hydrogen-bond acceptors (Lipinski definition) is 3. The Morgan fingerprint density at radius 3 is 2.56 bits per heavy atom. The van der Waals surface area contributed by atoms with Crippen LogP contribution in [0.25, 0.3) is 0 Å². The molecule has 1 heterocycles. The Morgan fingerprint density at radius 1 is 1.00 bits per heavy atom. The number of fused-ring (bicyclic) bond motifs is 6. The molecule has 3 nitrogen and oxygen atoms in total. The molecule has 0 aromatic carbocycles. The van der Waals surface area contributed by atoms with E-state index in [2.05, 4.69) is 26.0 Å². The predicted octanol–water partition coefficient (Wildman–Crippen LogP) is 4.37. The van der Waals surface area contributed by atoms with Crippen LogP contribution in [0.1, 0.15) is 65.2 Å². The molecule has 0 N–H and O–H groups in total. The first-order chi connectivity index (χ1) is 11.9. The standard InChI is InChI=1S/C22H28O3/c1-20-9-5-15(23)13-14(20)3-4-16-17(20)6-10-21(2)18(16)7-11-22(21)12-8-19(24)25-22/h3-4,13,16-18H,5-12H2,1-2H3/t16-,17-,18+,20+,21-,22-/m0/s1. The maximum atomic E-state index is 11.9. The lowest BCUT2D eigenvalue weighted by molar-refractivity contribution is -0.165. The molecule has 0 aromatic heterocycles. The molecule has 0 radical (unpaired) electrons. The third-order valence-electron chi connectivity index (χ3n) is 8.85. The van der Waals surface area contributed by atoms with Gasteiger partial charge in [0.25, 0.3) is 0 Å². The van der Waals surface area contributed by atoms with Crippen molar-refractivity contribution in [1.82, 2.24) is 0 Å². The van der Waals surface area contributed by atoms with Crippen molar-refractivity contribution in [2.45, 2.75) is 70.8 Å². The first kappa shape index (κ1) is 15.8. The number of ketones is 1. The van der Waals surface area contributed by atoms with Gasteiger partial charge in [0.2, 0.25) is 0 Å². The second kappa shape index (κ2) is 4.86. The molecule has 6 atom stereocenters. The summed E-state index contributed by atoms with van der Waals surface area (Å²) in [5.41, 5.74) is 1.32. The molecule has 2 saturated carbocycles. The molecule has 4 aliphatic carbocycles. The Kier molecular flexibility index (Phi) is 3.08. The summed E-state index contributed by atoms with van der Waals surface area (Å²) in [5.74, 6) is 2.08. The maximum absolute atomic E-state index is 11.9. The van der Waals surface area contributed by atoms with E-state index >= 15 is 0 Å². The largest absolute Gasteiger partial charge is 0.458 e. The van der Waals surface area contributed by atoms with E-state index in [4.69, 9.17) is 4.74 Å². The Balaban J connectivity index is 1.53. The zero-order chi connectivity index (χ0) is 17.4. The topological polar surface area (TPSA) is 43.4 Å². The van der Waals surface area contributed by atoms with Crippen molar-refractivity contribution in [3.05, 3.63) is 23.8 Å². The number of carbonyl (C=O) groups excluding carboxylic acids is 2. The SMILES string of the molecule is C[C@]12CC[C@H]3[C@H](C=CC4=CC(=O)CC[C@]43C)[C@H]1CC[C@]21CCC(=O)O1. The van der Waals surface area contributed by atoms with E-state index in [1.54, 1.807) is 0 Å². The van der Waals surface area contributed by atoms with Crippen molar-refractivity contribution in [2.24, 2.45) is 28.6 Å². The summed E-state index contributed by atoms with van der Waals surface area (Å²) < 4.78 is 5.99. The smallest absolute Gasteiger partial charge is 0.306 e. The van der Waals surface area contributed by atoms with E-state index in [1.165, 1.54) is 18.4 Å². The summed E-state index contributed by atoms with van der Waals surface area (Å²) in [6.45, 7) is 4.78. The van der Waals surface area contributed by atoms with E-state index in [0.717, 1.165) is 25.7 Å². The molecular weight excluding hydrogens is 312 g/mol. The van der Waals surface area contributed by atoms with Crippen molar-refractivity contribution in [3.63, 3.8) is 0 Å². The lowest BCUT2D eigenvalue weighted by atomic mass is 9.48. The van der Waals surface area contributed by atoms with Gasteiger partial charge in [-0.15, -0.1) is 0 Å². The summed E-state index contributed by atoms with van der Waals surface area (Å²) in [6.07, 6.45) is 14.3. The van der Waals surface area contributed by atoms with Crippen LogP contribution in [0.15, 0.2) is 23.8 Å². The highest BCUT2D eigenvalue weighted by atomic mass is 16.6. The average Bonchev–Trinajstić information content (AvgIpc) is 3.10. The van der Waals surface area contributed by atoms with Crippen LogP contribution < -0.4 is 0 Å². The van der Waals surface area contributed by atoms with Gasteiger partial charge in [0.05, 0.1) is 0 Å². The minimum atomic E-state index is -0.201. The van der Waals surface area contributed by atoms with Gasteiger partial charge in [-0.3, -0.25) is 9.59 Å². The number of rotatable bonds is 0. The minimum absolute atomic E-state index is 0.00570. The lowest BCUT2D eigenvalue weighted by Gasteiger charge is -2.57. The van der Waals surface area contributed by atoms with Gasteiger partial charge in [-0.2, -0.15) is 0 Å². The number of carbonyl (C=O) groups is 2. The van der Waals surface area contributed by atoms with E-state index < -0.39 is 0 Å². The number of allylic oxidation sites excluding steroid dienone is 4. The Labute approximate surface area is 149 Å². The highest BCUT2D eigenvalue weighted by Crippen LogP contribution is 2.68. The molecular formula is C22H28O3. The van der Waals surface area contributed by atoms with Crippen molar-refractivity contribution >= 4 is 11.8 Å². The summed E-state index contributed by atoms with van der Waals surface area (Å²) in [6, 6.07) is 0. The number of ether oxygens (including phenoxy) is 1. The zero-order valence-corrected chi connectivity index (χ0v) is 15.3. The van der Waals surface area contributed by atoms with Gasteiger partial charge in [0, 0.05) is 18.3 Å². The van der Waals surface area contributed by atoms with Crippen LogP contribution in [0.2, 0.25) is 0 Å². The van der Waals surface area contributed by atoms with Gasteiger partial charge in [-0.25, -0.2) is 0 Å². The van der Waals surface area contributed by atoms with E-state index in [1.807, 2.05) is 6.08 Å². The molecule has 3 fully saturated rings. The highest BCUT2D eigenvalue weighted by Gasteiger charge is 2.66. The van der Waals surface area contributed by atoms with Crippen molar-refractivity contribution in [1.29, 1.82) is 0 Å². The lowest BCUT2D eigenvalue weighted by Crippen LogP contribution is -2.53. The highest BCUT2D eigenvalue weighted by molar-refractivity contribution is 5.92. The van der Waals surface area contributed by atoms with E-state index in [0.29, 0.717) is 30.6 Å². The van der Waals surface area contributed by atoms with Gasteiger partial charge in [-0.05, 0) is 73.3 Å². The average molecular weight is 340 g/mol. The molecule has 25 heavy (non-hydrogen) atoms. The molecule has 0 bridgehead atoms. The quantitative estimate of drug-likeness (QED) is 0.615. The summed E-state index contributed by atoms with van der Waals surface area (Å²) in [4.78, 5) is 23.8.